The van der Waals surface area contributed by atoms with Gasteiger partial charge in [-0.1, -0.05) is 4.57 Å². The number of aliphatic hydroxyl groups is 8. The Hall–Kier alpha value is 0.560. The van der Waals surface area contributed by atoms with Crippen LogP contribution in [-0.2, 0) is 4.57 Å². The molecule has 0 saturated carbocycles. The van der Waals surface area contributed by atoms with Crippen LogP contribution in [0.3, 0.4) is 0 Å². The first kappa shape index (κ1) is 27.4. The van der Waals surface area contributed by atoms with E-state index in [0.29, 0.717) is 0 Å². The lowest BCUT2D eigenvalue weighted by molar-refractivity contribution is -0.297. The van der Waals surface area contributed by atoms with E-state index in [1.807, 2.05) is 0 Å². The molecule has 0 unspecified atom stereocenters. The topological polar surface area (TPSA) is 225 Å². The van der Waals surface area contributed by atoms with Crippen molar-refractivity contribution >= 4 is 22.8 Å². The van der Waals surface area contributed by atoms with Crippen molar-refractivity contribution in [2.45, 2.75) is 0 Å². The van der Waals surface area contributed by atoms with Gasteiger partial charge in [-0.05, 0) is 0 Å². The summed E-state index contributed by atoms with van der Waals surface area (Å²) >= 11 is 0. The summed E-state index contributed by atoms with van der Waals surface area (Å²) in [4.78, 5) is 17.0. The number of hydrogen-bond donors (Lipinski definition) is 8. The molecule has 0 aliphatic rings. The molecule has 136 valence electrons. The minimum absolute atomic E-state index is 0.295. The molecule has 0 heterocycles. The third-order valence-corrected chi connectivity index (χ3v) is 7.20. The van der Waals surface area contributed by atoms with Crippen molar-refractivity contribution in [3.05, 3.63) is 0 Å². The van der Waals surface area contributed by atoms with Gasteiger partial charge in [-0.25, -0.2) is 0 Å². The molecule has 0 aliphatic heterocycles. The summed E-state index contributed by atoms with van der Waals surface area (Å²) in [5, 5.41) is 68.4. The highest BCUT2D eigenvalue weighted by molar-refractivity contribution is 7.75. The highest BCUT2D eigenvalue weighted by Crippen LogP contribution is 2.55. The van der Waals surface area contributed by atoms with Crippen molar-refractivity contribution in [1.29, 1.82) is 0 Å². The normalized spacial score (nSPS) is 11.0. The Morgan fingerprint density at radius 2 is 0.636 bits per heavy atom. The van der Waals surface area contributed by atoms with Crippen LogP contribution >= 0.6 is 22.8 Å². The van der Waals surface area contributed by atoms with Crippen LogP contribution in [0.15, 0.2) is 0 Å². The minimum Gasteiger partial charge on any atom is -0.598 e. The molecule has 0 fully saturated rings. The molecule has 0 aromatic rings. The predicted octanol–water partition coefficient (Wildman–Crippen LogP) is -4.03. The van der Waals surface area contributed by atoms with Crippen molar-refractivity contribution in [2.24, 2.45) is 0 Å². The van der Waals surface area contributed by atoms with Crippen LogP contribution in [0.4, 0.5) is 0 Å². The molecule has 0 bridgehead atoms. The maximum Gasteiger partial charge on any atom is 0.276 e. The van der Waals surface area contributed by atoms with E-state index in [1.165, 1.54) is 0 Å². The highest BCUT2D eigenvalue weighted by Gasteiger charge is 2.35. The molecule has 0 aromatic heterocycles. The molecule has 14 heteroatoms. The van der Waals surface area contributed by atoms with E-state index in [-0.39, 0.29) is 50.8 Å². The summed E-state index contributed by atoms with van der Waals surface area (Å²) in [7, 11) is -7.77. The van der Waals surface area contributed by atoms with Gasteiger partial charge in [0.05, 0.1) is 0 Å². The van der Waals surface area contributed by atoms with Gasteiger partial charge in [0.2, 0.25) is 0 Å². The Bertz CT molecular complexity index is 201. The van der Waals surface area contributed by atoms with Crippen molar-refractivity contribution in [1.82, 2.24) is 0 Å². The Balaban J connectivity index is -0.000000266. The largest absolute Gasteiger partial charge is 0.598 e. The van der Waals surface area contributed by atoms with Gasteiger partial charge in [0.15, 0.2) is 50.8 Å². The Morgan fingerprint density at radius 3 is 0.636 bits per heavy atom. The van der Waals surface area contributed by atoms with E-state index in [2.05, 4.69) is 0 Å². The lowest BCUT2D eigenvalue weighted by Crippen LogP contribution is -2.10. The molecule has 0 rings (SSSR count). The van der Waals surface area contributed by atoms with Gasteiger partial charge in [0.25, 0.3) is 8.25 Å². The number of rotatable bonds is 8. The lowest BCUT2D eigenvalue weighted by atomic mass is 11.6. The third-order valence-electron chi connectivity index (χ3n) is 2.40. The molecule has 11 nitrogen and oxygen atoms in total. The van der Waals surface area contributed by atoms with Gasteiger partial charge in [0, 0.05) is 0 Å². The van der Waals surface area contributed by atoms with Crippen molar-refractivity contribution in [3.8, 4) is 0 Å². The van der Waals surface area contributed by atoms with Gasteiger partial charge < -0.3 is 50.6 Å². The zero-order valence-corrected chi connectivity index (χ0v) is 14.5. The second-order valence-electron chi connectivity index (χ2n) is 4.04. The maximum atomic E-state index is 8.55. The van der Waals surface area contributed by atoms with Crippen LogP contribution < -0.4 is 9.79 Å². The maximum absolute atomic E-state index is 8.55. The first-order valence-electron chi connectivity index (χ1n) is 5.61. The Kier molecular flexibility index (Phi) is 20.5. The quantitative estimate of drug-likeness (QED) is 0.186. The van der Waals surface area contributed by atoms with Gasteiger partial charge in [-0.15, -0.1) is 0 Å². The lowest BCUT2D eigenvalue weighted by Gasteiger charge is -2.15. The molecule has 0 aliphatic carbocycles. The minimum atomic E-state index is -3.37. The predicted molar refractivity (Wildman–Crippen MR) is 78.1 cm³/mol. The molecular formula is C8H24O11P3+. The SMILES string of the molecule is O=[P+]([O-])[O-].OC[P+](CO)(CO)CO.OC[P+](CO)(CO)CO. The molecule has 0 radical (unpaired) electrons. The van der Waals surface area contributed by atoms with Gasteiger partial charge >= 0.3 is 0 Å². The fourth-order valence-electron chi connectivity index (χ4n) is 0.537. The van der Waals surface area contributed by atoms with Crippen LogP contribution in [0.2, 0.25) is 0 Å². The summed E-state index contributed by atoms with van der Waals surface area (Å²) in [6, 6.07) is 0. The van der Waals surface area contributed by atoms with Crippen molar-refractivity contribution < 1.29 is 55.2 Å². The van der Waals surface area contributed by atoms with E-state index in [9.17, 15) is 0 Å². The van der Waals surface area contributed by atoms with Crippen LogP contribution in [0.1, 0.15) is 0 Å². The number of hydrogen-bond acceptors (Lipinski definition) is 11. The monoisotopic (exact) mass is 389 g/mol. The first-order valence-corrected chi connectivity index (χ1v) is 11.8. The van der Waals surface area contributed by atoms with Crippen LogP contribution in [0.5, 0.6) is 0 Å². The summed E-state index contributed by atoms with van der Waals surface area (Å²) in [6.45, 7) is 0. The summed E-state index contributed by atoms with van der Waals surface area (Å²) in [5.74, 6) is 0. The van der Waals surface area contributed by atoms with E-state index < -0.39 is 22.8 Å². The number of aliphatic hydroxyl groups excluding tert-OH is 8. The summed E-state index contributed by atoms with van der Waals surface area (Å²) in [5.41, 5.74) is 0. The second-order valence-corrected chi connectivity index (χ2v) is 12.1. The van der Waals surface area contributed by atoms with Gasteiger partial charge in [0.1, 0.15) is 14.5 Å². The Labute approximate surface area is 129 Å². The standard InChI is InChI=1S/2C4H12O4P.HO3P/c2*5-1-9(2-6,3-7)4-8;1-4(2)3/h2*5-8H,1-4H2;(H,1,2,3)/q2*+1;/p-1. The molecule has 0 atom stereocenters. The fourth-order valence-corrected chi connectivity index (χ4v) is 1.61. The Morgan fingerprint density at radius 1 is 0.545 bits per heavy atom. The molecule has 0 spiro atoms. The molecule has 0 amide bonds. The van der Waals surface area contributed by atoms with E-state index in [0.717, 1.165) is 0 Å². The highest BCUT2D eigenvalue weighted by atomic mass is 31.2. The smallest absolute Gasteiger partial charge is 0.276 e. The zero-order chi connectivity index (χ0) is 18.2. The van der Waals surface area contributed by atoms with Gasteiger partial charge in [-0.3, -0.25) is 0 Å². The average molecular weight is 389 g/mol. The zero-order valence-electron chi connectivity index (χ0n) is 11.8. The molecule has 0 aromatic carbocycles. The molecule has 22 heavy (non-hydrogen) atoms. The summed E-state index contributed by atoms with van der Waals surface area (Å²) in [6.07, 6.45) is -2.36. The summed E-state index contributed by atoms with van der Waals surface area (Å²) < 4.78 is 8.48. The van der Waals surface area contributed by atoms with Crippen molar-refractivity contribution in [3.63, 3.8) is 0 Å². The first-order chi connectivity index (χ1) is 10.2. The molecule has 0 saturated heterocycles. The van der Waals surface area contributed by atoms with E-state index in [1.54, 1.807) is 0 Å². The van der Waals surface area contributed by atoms with Crippen LogP contribution in [-0.4, -0.2) is 91.6 Å². The van der Waals surface area contributed by atoms with E-state index >= 15 is 0 Å². The third kappa shape index (κ3) is 13.0. The average Bonchev–Trinajstić information content (AvgIpc) is 2.53. The van der Waals surface area contributed by atoms with Gasteiger partial charge in [-0.2, -0.15) is 0 Å². The fraction of sp³-hybridized carbons (Fsp3) is 1.00. The van der Waals surface area contributed by atoms with E-state index in [4.69, 9.17) is 55.2 Å². The van der Waals surface area contributed by atoms with Crippen molar-refractivity contribution in [2.75, 3.05) is 50.8 Å². The molecular weight excluding hydrogens is 365 g/mol. The van der Waals surface area contributed by atoms with Crippen LogP contribution in [0, 0.1) is 0 Å². The molecule has 8 N–H and O–H groups in total. The van der Waals surface area contributed by atoms with Crippen LogP contribution in [0.25, 0.3) is 0 Å². The second kappa shape index (κ2) is 16.4.